The minimum atomic E-state index is 0.490. The Morgan fingerprint density at radius 1 is 0.792 bits per heavy atom. The third kappa shape index (κ3) is 4.26. The summed E-state index contributed by atoms with van der Waals surface area (Å²) in [6.45, 7) is 0. The van der Waals surface area contributed by atoms with Crippen molar-refractivity contribution in [2.75, 3.05) is 0 Å². The van der Waals surface area contributed by atoms with Crippen LogP contribution >= 0.6 is 34.8 Å². The molecular weight excluding hydrogens is 365 g/mol. The highest BCUT2D eigenvalue weighted by Gasteiger charge is 1.97. The van der Waals surface area contributed by atoms with Crippen molar-refractivity contribution in [3.05, 3.63) is 93.0 Å². The lowest BCUT2D eigenvalue weighted by molar-refractivity contribution is 1.02. The summed E-state index contributed by atoms with van der Waals surface area (Å²) < 4.78 is 1.97. The van der Waals surface area contributed by atoms with Gasteiger partial charge in [-0.1, -0.05) is 40.9 Å². The summed E-state index contributed by atoms with van der Waals surface area (Å²) in [5, 5.41) is 10.7. The molecule has 0 fully saturated rings. The fraction of sp³-hybridized carbons (Fsp3) is 0. The second-order valence-corrected chi connectivity index (χ2v) is 6.21. The zero-order valence-corrected chi connectivity index (χ0v) is 14.7. The zero-order chi connectivity index (χ0) is 16.9. The molecule has 0 aliphatic carbocycles. The van der Waals surface area contributed by atoms with Crippen molar-refractivity contribution in [1.82, 2.24) is 4.57 Å². The van der Waals surface area contributed by atoms with Crippen molar-refractivity contribution in [3.8, 4) is 5.69 Å². The summed E-state index contributed by atoms with van der Waals surface area (Å²) in [7, 11) is 0. The maximum absolute atomic E-state index is 5.96. The van der Waals surface area contributed by atoms with Crippen LogP contribution < -0.4 is 5.36 Å². The smallest absolute Gasteiger partial charge is 0.0886 e. The Labute approximate surface area is 154 Å². The van der Waals surface area contributed by atoms with E-state index in [1.54, 1.807) is 18.3 Å². The molecule has 3 rings (SSSR count). The Kier molecular flexibility index (Phi) is 5.36. The van der Waals surface area contributed by atoms with Crippen LogP contribution in [0, 0.1) is 0 Å². The summed E-state index contributed by atoms with van der Waals surface area (Å²) in [4.78, 5) is 0. The van der Waals surface area contributed by atoms with Gasteiger partial charge in [0.1, 0.15) is 0 Å². The van der Waals surface area contributed by atoms with Crippen LogP contribution in [0.4, 0.5) is 0 Å². The van der Waals surface area contributed by atoms with Crippen LogP contribution in [-0.2, 0) is 0 Å². The third-order valence-electron chi connectivity index (χ3n) is 3.26. The van der Waals surface area contributed by atoms with Crippen molar-refractivity contribution < 1.29 is 0 Å². The van der Waals surface area contributed by atoms with Crippen molar-refractivity contribution in [2.45, 2.75) is 0 Å². The van der Waals surface area contributed by atoms with Crippen LogP contribution in [0.2, 0.25) is 15.1 Å². The van der Waals surface area contributed by atoms with Crippen LogP contribution in [0.5, 0.6) is 0 Å². The maximum Gasteiger partial charge on any atom is 0.0886 e. The number of halogens is 3. The Morgan fingerprint density at radius 2 is 1.50 bits per heavy atom. The molecule has 2 aromatic carbocycles. The van der Waals surface area contributed by atoms with Crippen LogP contribution in [0.1, 0.15) is 5.56 Å². The SMILES string of the molecule is Clc1ccc(-n2ccc(=NN=Cc3ccc(Cl)c(Cl)c3)cc2)cc1. The molecule has 1 heterocycles. The number of hydrogen-bond acceptors (Lipinski definition) is 2. The summed E-state index contributed by atoms with van der Waals surface area (Å²) >= 11 is 17.7. The lowest BCUT2D eigenvalue weighted by Crippen LogP contribution is -2.03. The minimum Gasteiger partial charge on any atom is -0.324 e. The van der Waals surface area contributed by atoms with Gasteiger partial charge in [-0.3, -0.25) is 0 Å². The van der Waals surface area contributed by atoms with Gasteiger partial charge in [0.15, 0.2) is 0 Å². The Balaban J connectivity index is 1.77. The molecule has 6 heteroatoms. The molecule has 0 unspecified atom stereocenters. The monoisotopic (exact) mass is 375 g/mol. The minimum absolute atomic E-state index is 0.490. The van der Waals surface area contributed by atoms with E-state index in [0.717, 1.165) is 16.6 Å². The van der Waals surface area contributed by atoms with Crippen LogP contribution in [0.15, 0.2) is 77.2 Å². The first-order chi connectivity index (χ1) is 11.6. The predicted octanol–water partition coefficient (Wildman–Crippen LogP) is 5.37. The van der Waals surface area contributed by atoms with E-state index < -0.39 is 0 Å². The van der Waals surface area contributed by atoms with Gasteiger partial charge in [-0.25, -0.2) is 0 Å². The zero-order valence-electron chi connectivity index (χ0n) is 12.4. The van der Waals surface area contributed by atoms with Gasteiger partial charge in [0.25, 0.3) is 0 Å². The molecule has 0 radical (unpaired) electrons. The van der Waals surface area contributed by atoms with Crippen molar-refractivity contribution >= 4 is 41.0 Å². The Hall–Kier alpha value is -2.07. The largest absolute Gasteiger partial charge is 0.324 e. The number of benzene rings is 2. The highest BCUT2D eigenvalue weighted by Crippen LogP contribution is 2.21. The molecule has 0 spiro atoms. The third-order valence-corrected chi connectivity index (χ3v) is 4.25. The Morgan fingerprint density at radius 3 is 2.17 bits per heavy atom. The quantitative estimate of drug-likeness (QED) is 0.434. The average Bonchev–Trinajstić information content (AvgIpc) is 2.59. The molecule has 0 saturated carbocycles. The fourth-order valence-electron chi connectivity index (χ4n) is 2.03. The van der Waals surface area contributed by atoms with Gasteiger partial charge in [-0.15, -0.1) is 0 Å². The molecule has 0 amide bonds. The van der Waals surface area contributed by atoms with E-state index in [4.69, 9.17) is 34.8 Å². The van der Waals surface area contributed by atoms with E-state index in [1.165, 1.54) is 0 Å². The number of hydrogen-bond donors (Lipinski definition) is 0. The van der Waals surface area contributed by atoms with Crippen LogP contribution in [-0.4, -0.2) is 10.8 Å². The van der Waals surface area contributed by atoms with E-state index in [0.29, 0.717) is 15.1 Å². The van der Waals surface area contributed by atoms with Gasteiger partial charge in [0.05, 0.1) is 21.6 Å². The fourth-order valence-corrected chi connectivity index (χ4v) is 2.46. The Bertz CT molecular complexity index is 924. The first-order valence-electron chi connectivity index (χ1n) is 7.08. The summed E-state index contributed by atoms with van der Waals surface area (Å²) in [5.41, 5.74) is 1.85. The van der Waals surface area contributed by atoms with Crippen molar-refractivity contribution in [3.63, 3.8) is 0 Å². The highest BCUT2D eigenvalue weighted by molar-refractivity contribution is 6.42. The van der Waals surface area contributed by atoms with Crippen molar-refractivity contribution in [1.29, 1.82) is 0 Å². The predicted molar refractivity (Wildman–Crippen MR) is 100 cm³/mol. The molecule has 120 valence electrons. The molecule has 0 bridgehead atoms. The van der Waals surface area contributed by atoms with E-state index in [9.17, 15) is 0 Å². The normalized spacial score (nSPS) is 11.0. The molecule has 0 N–H and O–H groups in total. The second kappa shape index (κ2) is 7.67. The lowest BCUT2D eigenvalue weighted by Gasteiger charge is -2.05. The molecule has 0 atom stereocenters. The second-order valence-electron chi connectivity index (χ2n) is 4.96. The molecule has 3 aromatic rings. The van der Waals surface area contributed by atoms with Gasteiger partial charge in [0, 0.05) is 23.1 Å². The number of aromatic nitrogens is 1. The number of pyridine rings is 1. The average molecular weight is 377 g/mol. The topological polar surface area (TPSA) is 29.6 Å². The standard InChI is InChI=1S/C18H12Cl3N3/c19-14-2-4-16(5-3-14)24-9-7-15(8-10-24)23-22-12-13-1-6-17(20)18(21)11-13/h1-12H. The maximum atomic E-state index is 5.96. The van der Waals surface area contributed by atoms with Gasteiger partial charge in [0.2, 0.25) is 0 Å². The van der Waals surface area contributed by atoms with Gasteiger partial charge in [-0.2, -0.15) is 10.2 Å². The van der Waals surface area contributed by atoms with Gasteiger partial charge in [-0.05, 0) is 54.1 Å². The summed E-state index contributed by atoms with van der Waals surface area (Å²) in [6, 6.07) is 16.6. The molecule has 0 aliphatic rings. The molecule has 1 aromatic heterocycles. The van der Waals surface area contributed by atoms with E-state index in [-0.39, 0.29) is 0 Å². The van der Waals surface area contributed by atoms with E-state index in [1.807, 2.05) is 59.4 Å². The first kappa shape index (κ1) is 16.8. The number of nitrogens with zero attached hydrogens (tertiary/aromatic N) is 3. The number of rotatable bonds is 3. The van der Waals surface area contributed by atoms with Gasteiger partial charge < -0.3 is 4.57 Å². The van der Waals surface area contributed by atoms with Crippen molar-refractivity contribution in [2.24, 2.45) is 10.2 Å². The molecule has 3 nitrogen and oxygen atoms in total. The van der Waals surface area contributed by atoms with Crippen LogP contribution in [0.3, 0.4) is 0 Å². The van der Waals surface area contributed by atoms with Gasteiger partial charge >= 0.3 is 0 Å². The molecule has 24 heavy (non-hydrogen) atoms. The highest BCUT2D eigenvalue weighted by atomic mass is 35.5. The van der Waals surface area contributed by atoms with E-state index >= 15 is 0 Å². The summed E-state index contributed by atoms with van der Waals surface area (Å²) in [6.07, 6.45) is 5.45. The molecular formula is C18H12Cl3N3. The molecule has 0 aliphatic heterocycles. The first-order valence-corrected chi connectivity index (χ1v) is 8.21. The molecule has 0 saturated heterocycles. The van der Waals surface area contributed by atoms with Crippen LogP contribution in [0.25, 0.3) is 5.69 Å². The summed E-state index contributed by atoms with van der Waals surface area (Å²) in [5.74, 6) is 0. The van der Waals surface area contributed by atoms with E-state index in [2.05, 4.69) is 10.2 Å². The lowest BCUT2D eigenvalue weighted by atomic mass is 10.2.